The minimum absolute atomic E-state index is 0.216. The van der Waals surface area contributed by atoms with Gasteiger partial charge in [0.1, 0.15) is 0 Å². The molecule has 0 radical (unpaired) electrons. The van der Waals surface area contributed by atoms with Crippen molar-refractivity contribution < 1.29 is 5.11 Å². The lowest BCUT2D eigenvalue weighted by molar-refractivity contribution is -0.149. The van der Waals surface area contributed by atoms with Crippen LogP contribution in [-0.2, 0) is 0 Å². The lowest BCUT2D eigenvalue weighted by Crippen LogP contribution is -2.70. The number of fused-ring (bicyclic) bond motifs is 3. The first kappa shape index (κ1) is 9.17. The second kappa shape index (κ2) is 2.73. The molecule has 0 aliphatic heterocycles. The lowest BCUT2D eigenvalue weighted by Gasteiger charge is -2.60. The van der Waals surface area contributed by atoms with Gasteiger partial charge >= 0.3 is 0 Å². The van der Waals surface area contributed by atoms with Gasteiger partial charge in [-0.2, -0.15) is 0 Å². The SMILES string of the molecule is NC1(C2(O)CCC2)CC2CCC1CC2. The van der Waals surface area contributed by atoms with Crippen LogP contribution in [0.5, 0.6) is 0 Å². The van der Waals surface area contributed by atoms with Gasteiger partial charge in [0.2, 0.25) is 0 Å². The van der Waals surface area contributed by atoms with E-state index in [2.05, 4.69) is 0 Å². The van der Waals surface area contributed by atoms with E-state index in [4.69, 9.17) is 5.73 Å². The second-order valence-corrected chi connectivity index (χ2v) is 5.85. The molecule has 4 rings (SSSR count). The van der Waals surface area contributed by atoms with Crippen molar-refractivity contribution in [2.24, 2.45) is 17.6 Å². The van der Waals surface area contributed by atoms with Gasteiger partial charge in [-0.3, -0.25) is 0 Å². The van der Waals surface area contributed by atoms with Crippen LogP contribution in [0.4, 0.5) is 0 Å². The van der Waals surface area contributed by atoms with E-state index in [0.29, 0.717) is 5.92 Å². The first-order chi connectivity index (χ1) is 6.64. The highest BCUT2D eigenvalue weighted by molar-refractivity contribution is 5.15. The predicted molar refractivity (Wildman–Crippen MR) is 55.8 cm³/mol. The first-order valence-electron chi connectivity index (χ1n) is 6.15. The molecule has 0 spiro atoms. The monoisotopic (exact) mass is 195 g/mol. The fourth-order valence-electron chi connectivity index (χ4n) is 4.07. The van der Waals surface area contributed by atoms with E-state index in [1.54, 1.807) is 0 Å². The summed E-state index contributed by atoms with van der Waals surface area (Å²) in [4.78, 5) is 0. The van der Waals surface area contributed by atoms with E-state index >= 15 is 0 Å². The highest BCUT2D eigenvalue weighted by Gasteiger charge is 2.58. The van der Waals surface area contributed by atoms with E-state index < -0.39 is 5.60 Å². The summed E-state index contributed by atoms with van der Waals surface area (Å²) < 4.78 is 0. The predicted octanol–water partition coefficient (Wildman–Crippen LogP) is 1.81. The Morgan fingerprint density at radius 3 is 2.07 bits per heavy atom. The maximum absolute atomic E-state index is 10.5. The summed E-state index contributed by atoms with van der Waals surface area (Å²) in [5, 5.41) is 10.5. The molecule has 1 atom stereocenters. The third-order valence-electron chi connectivity index (χ3n) is 5.25. The average Bonchev–Trinajstić information content (AvgIpc) is 2.15. The Labute approximate surface area is 85.9 Å². The molecule has 2 nitrogen and oxygen atoms in total. The second-order valence-electron chi connectivity index (χ2n) is 5.85. The van der Waals surface area contributed by atoms with Crippen molar-refractivity contribution in [3.63, 3.8) is 0 Å². The Balaban J connectivity index is 1.88. The molecule has 0 amide bonds. The zero-order chi connectivity index (χ0) is 9.81. The zero-order valence-electron chi connectivity index (χ0n) is 8.84. The Morgan fingerprint density at radius 1 is 1.07 bits per heavy atom. The Morgan fingerprint density at radius 2 is 1.71 bits per heavy atom. The van der Waals surface area contributed by atoms with Gasteiger partial charge in [0.25, 0.3) is 0 Å². The van der Waals surface area contributed by atoms with Crippen LogP contribution >= 0.6 is 0 Å². The van der Waals surface area contributed by atoms with Crippen molar-refractivity contribution in [2.75, 3.05) is 0 Å². The smallest absolute Gasteiger partial charge is 0.0829 e. The maximum atomic E-state index is 10.5. The standard InChI is InChI=1S/C12H21NO/c13-12(11(14)6-1-7-11)8-9-2-4-10(12)5-3-9/h9-10,14H,1-8,13H2. The Kier molecular flexibility index (Phi) is 1.79. The van der Waals surface area contributed by atoms with Crippen molar-refractivity contribution in [1.29, 1.82) is 0 Å². The third kappa shape index (κ3) is 0.989. The largest absolute Gasteiger partial charge is 0.388 e. The van der Waals surface area contributed by atoms with E-state index in [0.717, 1.165) is 25.2 Å². The van der Waals surface area contributed by atoms with E-state index in [1.807, 2.05) is 0 Å². The molecule has 80 valence electrons. The molecule has 1 unspecified atom stereocenters. The molecular formula is C12H21NO. The molecule has 4 saturated carbocycles. The van der Waals surface area contributed by atoms with Gasteiger partial charge in [-0.1, -0.05) is 12.8 Å². The van der Waals surface area contributed by atoms with Gasteiger partial charge in [-0.15, -0.1) is 0 Å². The van der Waals surface area contributed by atoms with Crippen LogP contribution in [0.1, 0.15) is 51.4 Å². The van der Waals surface area contributed by atoms with Crippen LogP contribution in [0.25, 0.3) is 0 Å². The fraction of sp³-hybridized carbons (Fsp3) is 1.00. The van der Waals surface area contributed by atoms with Crippen molar-refractivity contribution in [1.82, 2.24) is 0 Å². The summed E-state index contributed by atoms with van der Waals surface area (Å²) >= 11 is 0. The third-order valence-corrected chi connectivity index (χ3v) is 5.25. The molecule has 2 bridgehead atoms. The Bertz CT molecular complexity index is 241. The van der Waals surface area contributed by atoms with Crippen LogP contribution < -0.4 is 5.73 Å². The van der Waals surface area contributed by atoms with Crippen LogP contribution in [-0.4, -0.2) is 16.2 Å². The minimum atomic E-state index is -0.489. The summed E-state index contributed by atoms with van der Waals surface area (Å²) in [5.41, 5.74) is 5.83. The van der Waals surface area contributed by atoms with Crippen LogP contribution in [0.3, 0.4) is 0 Å². The topological polar surface area (TPSA) is 46.2 Å². The zero-order valence-corrected chi connectivity index (χ0v) is 8.84. The first-order valence-corrected chi connectivity index (χ1v) is 6.15. The number of rotatable bonds is 1. The number of hydrogen-bond donors (Lipinski definition) is 2. The summed E-state index contributed by atoms with van der Waals surface area (Å²) in [6.07, 6.45) is 9.42. The Hall–Kier alpha value is -0.0800. The fourth-order valence-corrected chi connectivity index (χ4v) is 4.07. The van der Waals surface area contributed by atoms with E-state index in [1.165, 1.54) is 32.1 Å². The van der Waals surface area contributed by atoms with Gasteiger partial charge < -0.3 is 10.8 Å². The lowest BCUT2D eigenvalue weighted by atomic mass is 9.51. The highest BCUT2D eigenvalue weighted by Crippen LogP contribution is 2.55. The molecule has 3 N–H and O–H groups in total. The molecule has 4 fully saturated rings. The quantitative estimate of drug-likeness (QED) is 0.670. The molecule has 4 aliphatic carbocycles. The van der Waals surface area contributed by atoms with Crippen LogP contribution in [0.15, 0.2) is 0 Å². The summed E-state index contributed by atoms with van der Waals surface area (Å²) in [6, 6.07) is 0. The molecule has 14 heavy (non-hydrogen) atoms. The molecule has 0 heterocycles. The summed E-state index contributed by atoms with van der Waals surface area (Å²) in [5.74, 6) is 1.42. The van der Waals surface area contributed by atoms with Crippen molar-refractivity contribution in [3.05, 3.63) is 0 Å². The summed E-state index contributed by atoms with van der Waals surface area (Å²) in [7, 11) is 0. The van der Waals surface area contributed by atoms with Gasteiger partial charge in [-0.25, -0.2) is 0 Å². The van der Waals surface area contributed by atoms with E-state index in [9.17, 15) is 5.11 Å². The van der Waals surface area contributed by atoms with Crippen LogP contribution in [0, 0.1) is 11.8 Å². The number of hydrogen-bond acceptors (Lipinski definition) is 2. The van der Waals surface area contributed by atoms with Gasteiger partial charge in [0, 0.05) is 5.54 Å². The van der Waals surface area contributed by atoms with Gasteiger partial charge in [0.15, 0.2) is 0 Å². The number of nitrogens with two attached hydrogens (primary N) is 1. The molecular weight excluding hydrogens is 174 g/mol. The summed E-state index contributed by atoms with van der Waals surface area (Å²) in [6.45, 7) is 0. The average molecular weight is 195 g/mol. The van der Waals surface area contributed by atoms with Crippen molar-refractivity contribution in [2.45, 2.75) is 62.5 Å². The molecule has 2 heteroatoms. The van der Waals surface area contributed by atoms with Crippen molar-refractivity contribution >= 4 is 0 Å². The highest BCUT2D eigenvalue weighted by atomic mass is 16.3. The van der Waals surface area contributed by atoms with Crippen LogP contribution in [0.2, 0.25) is 0 Å². The van der Waals surface area contributed by atoms with Gasteiger partial charge in [0.05, 0.1) is 5.60 Å². The van der Waals surface area contributed by atoms with Crippen molar-refractivity contribution in [3.8, 4) is 0 Å². The molecule has 0 aromatic rings. The molecule has 4 aliphatic rings. The molecule has 0 aromatic carbocycles. The van der Waals surface area contributed by atoms with E-state index in [-0.39, 0.29) is 5.54 Å². The molecule has 0 aromatic heterocycles. The maximum Gasteiger partial charge on any atom is 0.0829 e. The van der Waals surface area contributed by atoms with Gasteiger partial charge in [-0.05, 0) is 50.4 Å². The number of aliphatic hydroxyl groups is 1. The normalized spacial score (nSPS) is 50.1. The molecule has 0 saturated heterocycles. The minimum Gasteiger partial charge on any atom is -0.388 e.